The molecule has 0 spiro atoms. The molecule has 0 bridgehead atoms. The normalized spacial score (nSPS) is 11.0. The molecule has 108 valence electrons. The van der Waals surface area contributed by atoms with Gasteiger partial charge in [-0.15, -0.1) is 0 Å². The molecule has 0 saturated heterocycles. The lowest BCUT2D eigenvalue weighted by molar-refractivity contribution is -0.364. The van der Waals surface area contributed by atoms with Crippen molar-refractivity contribution in [2.45, 2.75) is 6.54 Å². The topological polar surface area (TPSA) is 111 Å². The first-order valence-corrected chi connectivity index (χ1v) is 7.50. The minimum atomic E-state index is -0.318. The van der Waals surface area contributed by atoms with Crippen molar-refractivity contribution in [1.29, 1.82) is 0 Å². The Bertz CT molecular complexity index is 850. The molecule has 0 unspecified atom stereocenters. The molecule has 1 aromatic carbocycles. The SMILES string of the molecule is O=c1[nH]c2nc[nH+]c(NCc3cc(Br)c([O-])c(Br)c3)c2[nH]1. The minimum absolute atomic E-state index is 0.0911. The number of aromatic nitrogens is 4. The molecule has 0 fully saturated rings. The minimum Gasteiger partial charge on any atom is -0.871 e. The van der Waals surface area contributed by atoms with Crippen molar-refractivity contribution < 1.29 is 10.1 Å². The van der Waals surface area contributed by atoms with Crippen LogP contribution in [0.5, 0.6) is 5.75 Å². The maximum Gasteiger partial charge on any atom is 0.326 e. The third kappa shape index (κ3) is 2.79. The first-order chi connectivity index (χ1) is 10.0. The van der Waals surface area contributed by atoms with Crippen LogP contribution >= 0.6 is 31.9 Å². The molecule has 21 heavy (non-hydrogen) atoms. The number of hydrogen-bond donors (Lipinski definition) is 3. The zero-order valence-electron chi connectivity index (χ0n) is 10.5. The van der Waals surface area contributed by atoms with Crippen LogP contribution in [-0.2, 0) is 6.54 Å². The highest BCUT2D eigenvalue weighted by atomic mass is 79.9. The number of fused-ring (bicyclic) bond motifs is 1. The number of hydrogen-bond acceptors (Lipinski definition) is 4. The Morgan fingerprint density at radius 3 is 2.71 bits per heavy atom. The van der Waals surface area contributed by atoms with Gasteiger partial charge in [0.2, 0.25) is 17.8 Å². The van der Waals surface area contributed by atoms with Crippen LogP contribution in [-0.4, -0.2) is 15.0 Å². The van der Waals surface area contributed by atoms with Crippen molar-refractivity contribution >= 4 is 48.8 Å². The summed E-state index contributed by atoms with van der Waals surface area (Å²) in [5.74, 6) is 0.545. The summed E-state index contributed by atoms with van der Waals surface area (Å²) in [6, 6.07) is 3.50. The Hall–Kier alpha value is -1.87. The highest BCUT2D eigenvalue weighted by Crippen LogP contribution is 2.31. The molecular weight excluding hydrogens is 406 g/mol. The number of anilines is 1. The van der Waals surface area contributed by atoms with Gasteiger partial charge in [-0.05, 0) is 17.7 Å². The number of rotatable bonds is 3. The molecule has 3 aromatic rings. The van der Waals surface area contributed by atoms with Crippen LogP contribution in [0, 0.1) is 0 Å². The summed E-state index contributed by atoms with van der Waals surface area (Å²) in [6.07, 6.45) is 1.49. The van der Waals surface area contributed by atoms with E-state index in [-0.39, 0.29) is 11.4 Å². The van der Waals surface area contributed by atoms with Gasteiger partial charge < -0.3 is 5.11 Å². The summed E-state index contributed by atoms with van der Waals surface area (Å²) in [7, 11) is 0. The summed E-state index contributed by atoms with van der Waals surface area (Å²) in [5.41, 5.74) is 1.63. The number of aromatic amines is 3. The van der Waals surface area contributed by atoms with Gasteiger partial charge in [-0.2, -0.15) is 0 Å². The fourth-order valence-corrected chi connectivity index (χ4v) is 3.21. The number of halogens is 2. The third-order valence-electron chi connectivity index (χ3n) is 2.89. The van der Waals surface area contributed by atoms with Crippen LogP contribution in [0.1, 0.15) is 5.56 Å². The molecule has 2 heterocycles. The third-order valence-corrected chi connectivity index (χ3v) is 4.07. The zero-order valence-corrected chi connectivity index (χ0v) is 13.6. The molecule has 3 rings (SSSR count). The average molecular weight is 415 g/mol. The van der Waals surface area contributed by atoms with Crippen molar-refractivity contribution in [3.8, 4) is 5.75 Å². The quantitative estimate of drug-likeness (QED) is 0.599. The standard InChI is InChI=1S/C12H9Br2N5O2/c13-6-1-5(2-7(14)9(6)20)3-15-10-8-11(17-4-16-10)19-12(21)18-8/h1-2,4,20H,3H2,(H3,15,16,17,18,19,21). The fraction of sp³-hybridized carbons (Fsp3) is 0.0833. The van der Waals surface area contributed by atoms with Gasteiger partial charge in [0, 0.05) is 8.95 Å². The zero-order chi connectivity index (χ0) is 15.0. The molecule has 0 aliphatic carbocycles. The molecule has 0 saturated carbocycles. The molecule has 7 nitrogen and oxygen atoms in total. The van der Waals surface area contributed by atoms with Gasteiger partial charge in [0.05, 0.1) is 6.54 Å². The van der Waals surface area contributed by atoms with Crippen molar-refractivity contribution in [3.05, 3.63) is 43.5 Å². The van der Waals surface area contributed by atoms with Crippen LogP contribution in [0.25, 0.3) is 11.2 Å². The first-order valence-electron chi connectivity index (χ1n) is 5.92. The second-order valence-corrected chi connectivity index (χ2v) is 6.03. The molecule has 9 heteroatoms. The molecule has 4 N–H and O–H groups in total. The van der Waals surface area contributed by atoms with Crippen molar-refractivity contribution in [3.63, 3.8) is 0 Å². The van der Waals surface area contributed by atoms with Crippen LogP contribution in [0.15, 0.2) is 32.2 Å². The van der Waals surface area contributed by atoms with E-state index >= 15 is 0 Å². The van der Waals surface area contributed by atoms with E-state index in [9.17, 15) is 9.90 Å². The summed E-state index contributed by atoms with van der Waals surface area (Å²) in [4.78, 5) is 23.5. The molecule has 0 aliphatic heterocycles. The van der Waals surface area contributed by atoms with Gasteiger partial charge in [-0.25, -0.2) is 9.78 Å². The van der Waals surface area contributed by atoms with Crippen LogP contribution < -0.4 is 21.1 Å². The number of H-pyrrole nitrogens is 3. The lowest BCUT2D eigenvalue weighted by Gasteiger charge is -2.13. The van der Waals surface area contributed by atoms with E-state index in [0.717, 1.165) is 5.56 Å². The van der Waals surface area contributed by atoms with Gasteiger partial charge in [0.25, 0.3) is 0 Å². The Balaban J connectivity index is 1.88. The summed E-state index contributed by atoms with van der Waals surface area (Å²) >= 11 is 6.45. The van der Waals surface area contributed by atoms with Crippen LogP contribution in [0.2, 0.25) is 0 Å². The van der Waals surface area contributed by atoms with E-state index in [1.807, 2.05) is 0 Å². The Labute approximate surface area is 135 Å². The summed E-state index contributed by atoms with van der Waals surface area (Å²) in [6.45, 7) is 0.473. The molecule has 2 aromatic heterocycles. The van der Waals surface area contributed by atoms with Crippen molar-refractivity contribution in [2.24, 2.45) is 0 Å². The van der Waals surface area contributed by atoms with E-state index in [1.165, 1.54) is 6.33 Å². The van der Waals surface area contributed by atoms with Gasteiger partial charge in [0.15, 0.2) is 5.52 Å². The van der Waals surface area contributed by atoms with Gasteiger partial charge in [-0.1, -0.05) is 42.6 Å². The lowest BCUT2D eigenvalue weighted by Crippen LogP contribution is -2.14. The largest absolute Gasteiger partial charge is 0.871 e. The van der Waals surface area contributed by atoms with Crippen molar-refractivity contribution in [1.82, 2.24) is 15.0 Å². The van der Waals surface area contributed by atoms with E-state index in [4.69, 9.17) is 0 Å². The first kappa shape index (κ1) is 14.1. The molecular formula is C12H9Br2N5O2. The fourth-order valence-electron chi connectivity index (χ4n) is 1.93. The second kappa shape index (κ2) is 5.49. The van der Waals surface area contributed by atoms with Gasteiger partial charge in [-0.3, -0.25) is 15.3 Å². The van der Waals surface area contributed by atoms with E-state index < -0.39 is 0 Å². The van der Waals surface area contributed by atoms with Gasteiger partial charge in [0.1, 0.15) is 0 Å². The smallest absolute Gasteiger partial charge is 0.326 e. The lowest BCUT2D eigenvalue weighted by atomic mass is 10.2. The Kier molecular flexibility index (Phi) is 3.68. The highest BCUT2D eigenvalue weighted by Gasteiger charge is 2.12. The maximum atomic E-state index is 11.6. The van der Waals surface area contributed by atoms with Crippen LogP contribution in [0.4, 0.5) is 5.82 Å². The summed E-state index contributed by atoms with van der Waals surface area (Å²) < 4.78 is 0.986. The predicted octanol–water partition coefficient (Wildman–Crippen LogP) is 1.28. The Morgan fingerprint density at radius 2 is 2.00 bits per heavy atom. The predicted molar refractivity (Wildman–Crippen MR) is 81.9 cm³/mol. The molecule has 0 amide bonds. The Morgan fingerprint density at radius 1 is 1.29 bits per heavy atom. The van der Waals surface area contributed by atoms with Gasteiger partial charge >= 0.3 is 5.69 Å². The molecule has 0 radical (unpaired) electrons. The van der Waals surface area contributed by atoms with Crippen LogP contribution in [0.3, 0.4) is 0 Å². The number of imidazole rings is 1. The van der Waals surface area contributed by atoms with E-state index in [1.54, 1.807) is 12.1 Å². The number of benzene rings is 1. The summed E-state index contributed by atoms with van der Waals surface area (Å²) in [5, 5.41) is 14.8. The maximum absolute atomic E-state index is 11.6. The average Bonchev–Trinajstić information content (AvgIpc) is 2.83. The molecule has 0 atom stereocenters. The van der Waals surface area contributed by atoms with E-state index in [2.05, 4.69) is 57.1 Å². The van der Waals surface area contributed by atoms with Crippen molar-refractivity contribution in [2.75, 3.05) is 5.32 Å². The number of nitrogens with zero attached hydrogens (tertiary/aromatic N) is 1. The monoisotopic (exact) mass is 413 g/mol. The highest BCUT2D eigenvalue weighted by molar-refractivity contribution is 9.11. The molecule has 0 aliphatic rings. The number of nitrogens with one attached hydrogen (secondary N) is 4. The second-order valence-electron chi connectivity index (χ2n) is 4.32. The van der Waals surface area contributed by atoms with E-state index in [0.29, 0.717) is 32.5 Å².